The van der Waals surface area contributed by atoms with Gasteiger partial charge in [0.05, 0.1) is 18.1 Å². The summed E-state index contributed by atoms with van der Waals surface area (Å²) in [5.74, 6) is -1.61. The van der Waals surface area contributed by atoms with Crippen LogP contribution in [0.3, 0.4) is 0 Å². The van der Waals surface area contributed by atoms with Crippen LogP contribution in [0.2, 0.25) is 0 Å². The number of methoxy groups -OCH3 is 1. The molecule has 0 saturated carbocycles. The molecule has 0 spiro atoms. The van der Waals surface area contributed by atoms with Gasteiger partial charge < -0.3 is 14.9 Å². The van der Waals surface area contributed by atoms with Gasteiger partial charge in [0.2, 0.25) is 0 Å². The van der Waals surface area contributed by atoms with Crippen molar-refractivity contribution in [3.05, 3.63) is 33.4 Å². The fourth-order valence-electron chi connectivity index (χ4n) is 1.28. The van der Waals surface area contributed by atoms with Crippen LogP contribution in [0.25, 0.3) is 6.08 Å². The van der Waals surface area contributed by atoms with Crippen molar-refractivity contribution in [1.29, 1.82) is 0 Å². The average Bonchev–Trinajstić information content (AvgIpc) is 2.31. The molecule has 7 nitrogen and oxygen atoms in total. The number of ether oxygens (including phenoxy) is 1. The van der Waals surface area contributed by atoms with E-state index >= 15 is 0 Å². The number of carboxylic acid groups (broad SMARTS) is 1. The van der Waals surface area contributed by atoms with Gasteiger partial charge in [-0.2, -0.15) is 0 Å². The van der Waals surface area contributed by atoms with Crippen LogP contribution in [0.15, 0.2) is 17.7 Å². The van der Waals surface area contributed by atoms with Crippen molar-refractivity contribution >= 4 is 17.7 Å². The third-order valence-corrected chi connectivity index (χ3v) is 2.23. The van der Waals surface area contributed by atoms with E-state index in [0.717, 1.165) is 18.2 Å². The lowest BCUT2D eigenvalue weighted by molar-refractivity contribution is -0.385. The second kappa shape index (κ2) is 5.17. The molecule has 0 atom stereocenters. The Morgan fingerprint density at radius 1 is 1.50 bits per heavy atom. The molecule has 7 heteroatoms. The number of rotatable bonds is 4. The molecule has 0 aliphatic carbocycles. The number of non-ortho nitro benzene ring substituents is 1. The first-order chi connectivity index (χ1) is 8.36. The number of aliphatic carboxylic acids is 1. The van der Waals surface area contributed by atoms with Gasteiger partial charge in [0.1, 0.15) is 0 Å². The van der Waals surface area contributed by atoms with Crippen LogP contribution in [0.5, 0.6) is 11.5 Å². The molecule has 0 amide bonds. The second-order valence-electron chi connectivity index (χ2n) is 3.48. The SMILES string of the molecule is COc1cc([N+](=O)[O-])cc(/C=C(\C)C(=O)O)c1O. The Morgan fingerprint density at radius 2 is 2.11 bits per heavy atom. The van der Waals surface area contributed by atoms with Crippen molar-refractivity contribution < 1.29 is 24.7 Å². The van der Waals surface area contributed by atoms with Crippen LogP contribution in [0.1, 0.15) is 12.5 Å². The Balaban J connectivity index is 3.43. The number of nitrogens with zero attached hydrogens (tertiary/aromatic N) is 1. The molecule has 0 bridgehead atoms. The number of carboxylic acids is 1. The summed E-state index contributed by atoms with van der Waals surface area (Å²) in [6.07, 6.45) is 1.13. The second-order valence-corrected chi connectivity index (χ2v) is 3.48. The molecule has 0 unspecified atom stereocenters. The summed E-state index contributed by atoms with van der Waals surface area (Å²) < 4.78 is 4.79. The molecular weight excluding hydrogens is 242 g/mol. The van der Waals surface area contributed by atoms with E-state index in [1.165, 1.54) is 14.0 Å². The van der Waals surface area contributed by atoms with E-state index in [0.29, 0.717) is 0 Å². The van der Waals surface area contributed by atoms with Crippen LogP contribution < -0.4 is 4.74 Å². The number of nitro benzene ring substituents is 1. The van der Waals surface area contributed by atoms with Gasteiger partial charge in [-0.15, -0.1) is 0 Å². The minimum Gasteiger partial charge on any atom is -0.504 e. The fraction of sp³-hybridized carbons (Fsp3) is 0.182. The molecule has 1 aromatic rings. The highest BCUT2D eigenvalue weighted by Gasteiger charge is 2.16. The molecule has 0 heterocycles. The molecule has 18 heavy (non-hydrogen) atoms. The number of nitro groups is 1. The van der Waals surface area contributed by atoms with Crippen molar-refractivity contribution in [1.82, 2.24) is 0 Å². The van der Waals surface area contributed by atoms with E-state index in [9.17, 15) is 20.0 Å². The smallest absolute Gasteiger partial charge is 0.331 e. The summed E-state index contributed by atoms with van der Waals surface area (Å²) in [5, 5.41) is 29.1. The summed E-state index contributed by atoms with van der Waals surface area (Å²) >= 11 is 0. The maximum absolute atomic E-state index is 10.7. The van der Waals surface area contributed by atoms with Crippen LogP contribution in [-0.2, 0) is 4.79 Å². The van der Waals surface area contributed by atoms with Gasteiger partial charge in [0.15, 0.2) is 11.5 Å². The van der Waals surface area contributed by atoms with E-state index in [4.69, 9.17) is 9.84 Å². The largest absolute Gasteiger partial charge is 0.504 e. The molecule has 1 rings (SSSR count). The normalized spacial score (nSPS) is 11.1. The zero-order valence-corrected chi connectivity index (χ0v) is 9.71. The number of hydrogen-bond donors (Lipinski definition) is 2. The van der Waals surface area contributed by atoms with E-state index in [-0.39, 0.29) is 28.3 Å². The summed E-state index contributed by atoms with van der Waals surface area (Å²) in [7, 11) is 1.25. The lowest BCUT2D eigenvalue weighted by Crippen LogP contribution is -1.97. The first-order valence-electron chi connectivity index (χ1n) is 4.83. The van der Waals surface area contributed by atoms with Gasteiger partial charge in [-0.3, -0.25) is 10.1 Å². The highest BCUT2D eigenvalue weighted by atomic mass is 16.6. The number of aromatic hydroxyl groups is 1. The van der Waals surface area contributed by atoms with Gasteiger partial charge in [-0.05, 0) is 13.0 Å². The van der Waals surface area contributed by atoms with Crippen LogP contribution >= 0.6 is 0 Å². The number of hydrogen-bond acceptors (Lipinski definition) is 5. The maximum Gasteiger partial charge on any atom is 0.331 e. The quantitative estimate of drug-likeness (QED) is 0.481. The fourth-order valence-corrected chi connectivity index (χ4v) is 1.28. The summed E-state index contributed by atoms with van der Waals surface area (Å²) in [6.45, 7) is 1.31. The molecule has 0 aliphatic heterocycles. The molecule has 0 fully saturated rings. The standard InChI is InChI=1S/C11H11NO6/c1-6(11(14)15)3-7-4-8(12(16)17)5-9(18-2)10(7)13/h3-5,13H,1-2H3,(H,14,15)/b6-3+. The molecule has 0 radical (unpaired) electrons. The molecule has 0 aromatic heterocycles. The van der Waals surface area contributed by atoms with Crippen molar-refractivity contribution in [2.75, 3.05) is 7.11 Å². The Labute approximate surface area is 102 Å². The number of phenols is 1. The van der Waals surface area contributed by atoms with Crippen LogP contribution in [-0.4, -0.2) is 28.2 Å². The molecule has 96 valence electrons. The molecule has 2 N–H and O–H groups in total. The van der Waals surface area contributed by atoms with Gasteiger partial charge >= 0.3 is 5.97 Å². The third-order valence-electron chi connectivity index (χ3n) is 2.23. The molecule has 0 saturated heterocycles. The van der Waals surface area contributed by atoms with Crippen molar-refractivity contribution in [3.63, 3.8) is 0 Å². The maximum atomic E-state index is 10.7. The van der Waals surface area contributed by atoms with Gasteiger partial charge in [-0.25, -0.2) is 4.79 Å². The van der Waals surface area contributed by atoms with E-state index in [2.05, 4.69) is 0 Å². The Kier molecular flexibility index (Phi) is 3.88. The lowest BCUT2D eigenvalue weighted by atomic mass is 10.1. The molecule has 1 aromatic carbocycles. The monoisotopic (exact) mass is 253 g/mol. The predicted octanol–water partition coefficient (Wildman–Crippen LogP) is 1.80. The summed E-state index contributed by atoms with van der Waals surface area (Å²) in [6, 6.07) is 2.13. The highest BCUT2D eigenvalue weighted by molar-refractivity contribution is 5.92. The predicted molar refractivity (Wildman–Crippen MR) is 62.6 cm³/mol. The Morgan fingerprint density at radius 3 is 2.56 bits per heavy atom. The van der Waals surface area contributed by atoms with Crippen LogP contribution in [0.4, 0.5) is 5.69 Å². The number of phenolic OH excluding ortho intramolecular Hbond substituents is 1. The van der Waals surface area contributed by atoms with E-state index in [1.54, 1.807) is 0 Å². The summed E-state index contributed by atoms with van der Waals surface area (Å²) in [5.41, 5.74) is -0.345. The minimum absolute atomic E-state index is 0.0148. The topological polar surface area (TPSA) is 110 Å². The van der Waals surface area contributed by atoms with Gasteiger partial charge in [0.25, 0.3) is 5.69 Å². The molecular formula is C11H11NO6. The number of carbonyl (C=O) groups is 1. The van der Waals surface area contributed by atoms with Crippen LogP contribution in [0, 0.1) is 10.1 Å². The van der Waals surface area contributed by atoms with E-state index in [1.807, 2.05) is 0 Å². The zero-order valence-electron chi connectivity index (χ0n) is 9.71. The van der Waals surface area contributed by atoms with Crippen molar-refractivity contribution in [2.24, 2.45) is 0 Å². The van der Waals surface area contributed by atoms with Crippen molar-refractivity contribution in [2.45, 2.75) is 6.92 Å². The third kappa shape index (κ3) is 2.76. The highest BCUT2D eigenvalue weighted by Crippen LogP contribution is 2.35. The van der Waals surface area contributed by atoms with Crippen molar-refractivity contribution in [3.8, 4) is 11.5 Å². The zero-order chi connectivity index (χ0) is 13.9. The molecule has 0 aliphatic rings. The van der Waals surface area contributed by atoms with Gasteiger partial charge in [0, 0.05) is 17.2 Å². The summed E-state index contributed by atoms with van der Waals surface area (Å²) in [4.78, 5) is 20.7. The first kappa shape index (κ1) is 13.5. The lowest BCUT2D eigenvalue weighted by Gasteiger charge is -2.06. The van der Waals surface area contributed by atoms with E-state index < -0.39 is 10.9 Å². The van der Waals surface area contributed by atoms with Gasteiger partial charge in [-0.1, -0.05) is 0 Å². The first-order valence-corrected chi connectivity index (χ1v) is 4.83. The Hall–Kier alpha value is -2.57. The number of benzene rings is 1. The average molecular weight is 253 g/mol. The Bertz CT molecular complexity index is 535. The minimum atomic E-state index is -1.18.